The number of hydrogen-bond acceptors (Lipinski definition) is 5. The maximum absolute atomic E-state index is 12.9. The highest BCUT2D eigenvalue weighted by molar-refractivity contribution is 5.93. The van der Waals surface area contributed by atoms with Crippen LogP contribution in [-0.2, 0) is 6.42 Å². The molecule has 8 nitrogen and oxygen atoms in total. The third kappa shape index (κ3) is 3.49. The Morgan fingerprint density at radius 3 is 2.72 bits per heavy atom. The Balaban J connectivity index is 1.24. The fourth-order valence-corrected chi connectivity index (χ4v) is 3.96. The van der Waals surface area contributed by atoms with Gasteiger partial charge in [-0.1, -0.05) is 36.4 Å². The molecule has 1 aliphatic heterocycles. The molecule has 5 rings (SSSR count). The number of H-pyrrole nitrogens is 1. The maximum atomic E-state index is 12.9. The number of amides is 1. The van der Waals surface area contributed by atoms with Gasteiger partial charge in [0.25, 0.3) is 5.91 Å². The highest BCUT2D eigenvalue weighted by atomic mass is 16.2. The van der Waals surface area contributed by atoms with Gasteiger partial charge in [0, 0.05) is 31.1 Å². The van der Waals surface area contributed by atoms with Crippen molar-refractivity contribution < 1.29 is 4.79 Å². The van der Waals surface area contributed by atoms with Crippen molar-refractivity contribution in [2.45, 2.75) is 25.2 Å². The summed E-state index contributed by atoms with van der Waals surface area (Å²) in [5, 5.41) is 19.2. The first-order valence-electron chi connectivity index (χ1n) is 9.82. The largest absolute Gasteiger partial charge is 0.337 e. The number of fused-ring (bicyclic) bond motifs is 1. The van der Waals surface area contributed by atoms with Gasteiger partial charge in [-0.3, -0.25) is 9.89 Å². The van der Waals surface area contributed by atoms with E-state index in [9.17, 15) is 4.79 Å². The van der Waals surface area contributed by atoms with Crippen LogP contribution in [0.4, 0.5) is 0 Å². The molecule has 4 heterocycles. The first-order chi connectivity index (χ1) is 14.3. The van der Waals surface area contributed by atoms with E-state index >= 15 is 0 Å². The SMILES string of the molecule is O=C(c1cccc2nnnn12)N1CCC(c2cc(Cc3ccccc3)[nH]n2)CC1. The lowest BCUT2D eigenvalue weighted by atomic mass is 9.93. The molecular weight excluding hydrogens is 366 g/mol. The fraction of sp³-hybridized carbons (Fsp3) is 0.286. The minimum absolute atomic E-state index is 0.0341. The third-order valence-corrected chi connectivity index (χ3v) is 5.53. The lowest BCUT2D eigenvalue weighted by Gasteiger charge is -2.31. The monoisotopic (exact) mass is 387 g/mol. The minimum Gasteiger partial charge on any atom is -0.337 e. The summed E-state index contributed by atoms with van der Waals surface area (Å²) >= 11 is 0. The molecule has 0 atom stereocenters. The topological polar surface area (TPSA) is 92.1 Å². The number of nitrogens with zero attached hydrogens (tertiary/aromatic N) is 6. The zero-order chi connectivity index (χ0) is 19.6. The van der Waals surface area contributed by atoms with E-state index in [1.165, 1.54) is 10.1 Å². The van der Waals surface area contributed by atoms with Crippen LogP contribution in [0.1, 0.15) is 46.2 Å². The van der Waals surface area contributed by atoms with Crippen LogP contribution in [0.2, 0.25) is 0 Å². The molecule has 3 aromatic heterocycles. The average Bonchev–Trinajstić information content (AvgIpc) is 3.43. The van der Waals surface area contributed by atoms with Crippen molar-refractivity contribution in [1.82, 2.24) is 35.1 Å². The molecule has 1 aromatic carbocycles. The van der Waals surface area contributed by atoms with Gasteiger partial charge < -0.3 is 4.90 Å². The second-order valence-corrected chi connectivity index (χ2v) is 7.41. The average molecular weight is 387 g/mol. The quantitative estimate of drug-likeness (QED) is 0.581. The Hall–Kier alpha value is -3.55. The molecule has 0 radical (unpaired) electrons. The summed E-state index contributed by atoms with van der Waals surface area (Å²) in [6, 6.07) is 17.9. The molecule has 1 aliphatic rings. The fourth-order valence-electron chi connectivity index (χ4n) is 3.96. The number of pyridine rings is 1. The number of hydrogen-bond donors (Lipinski definition) is 1. The molecule has 1 fully saturated rings. The van der Waals surface area contributed by atoms with E-state index in [4.69, 9.17) is 0 Å². The van der Waals surface area contributed by atoms with E-state index in [1.54, 1.807) is 12.1 Å². The molecule has 0 bridgehead atoms. The summed E-state index contributed by atoms with van der Waals surface area (Å²) < 4.78 is 1.50. The lowest BCUT2D eigenvalue weighted by Crippen LogP contribution is -2.38. The molecule has 29 heavy (non-hydrogen) atoms. The molecule has 1 N–H and O–H groups in total. The van der Waals surface area contributed by atoms with E-state index in [2.05, 4.69) is 56.1 Å². The Morgan fingerprint density at radius 2 is 1.90 bits per heavy atom. The molecular formula is C21H21N7O. The molecule has 8 heteroatoms. The Kier molecular flexibility index (Phi) is 4.51. The van der Waals surface area contributed by atoms with Crippen LogP contribution in [0.25, 0.3) is 5.65 Å². The molecule has 1 saturated heterocycles. The van der Waals surface area contributed by atoms with Crippen LogP contribution in [0.5, 0.6) is 0 Å². The summed E-state index contributed by atoms with van der Waals surface area (Å²) in [5.74, 6) is 0.330. The van der Waals surface area contributed by atoms with Crippen LogP contribution in [0, 0.1) is 0 Å². The lowest BCUT2D eigenvalue weighted by molar-refractivity contribution is 0.0703. The number of benzene rings is 1. The number of carbonyl (C=O) groups excluding carboxylic acids is 1. The van der Waals surface area contributed by atoms with E-state index < -0.39 is 0 Å². The number of rotatable bonds is 4. The van der Waals surface area contributed by atoms with Crippen LogP contribution < -0.4 is 0 Å². The van der Waals surface area contributed by atoms with Crippen molar-refractivity contribution >= 4 is 11.6 Å². The van der Waals surface area contributed by atoms with Crippen molar-refractivity contribution in [1.29, 1.82) is 0 Å². The first-order valence-corrected chi connectivity index (χ1v) is 9.82. The smallest absolute Gasteiger partial charge is 0.272 e. The van der Waals surface area contributed by atoms with Crippen molar-refractivity contribution in [3.8, 4) is 0 Å². The van der Waals surface area contributed by atoms with E-state index in [0.29, 0.717) is 30.3 Å². The Bertz CT molecular complexity index is 1130. The van der Waals surface area contributed by atoms with Crippen LogP contribution >= 0.6 is 0 Å². The normalized spacial score (nSPS) is 15.1. The Labute approximate surface area is 167 Å². The molecule has 4 aromatic rings. The van der Waals surface area contributed by atoms with Gasteiger partial charge in [0.15, 0.2) is 5.65 Å². The minimum atomic E-state index is -0.0341. The van der Waals surface area contributed by atoms with Crippen molar-refractivity contribution in [2.24, 2.45) is 0 Å². The molecule has 0 aliphatic carbocycles. The van der Waals surface area contributed by atoms with Gasteiger partial charge in [-0.15, -0.1) is 5.10 Å². The summed E-state index contributed by atoms with van der Waals surface area (Å²) in [6.45, 7) is 1.39. The van der Waals surface area contributed by atoms with Gasteiger partial charge >= 0.3 is 0 Å². The standard InChI is InChI=1S/C21H21N7O/c29-21(19-7-4-8-20-24-25-26-28(19)20)27-11-9-16(10-12-27)18-14-17(22-23-18)13-15-5-2-1-3-6-15/h1-8,14,16H,9-13H2,(H,22,23). The van der Waals surface area contributed by atoms with Gasteiger partial charge in [0.1, 0.15) is 5.69 Å². The van der Waals surface area contributed by atoms with Gasteiger partial charge in [0.05, 0.1) is 5.69 Å². The first kappa shape index (κ1) is 17.5. The second-order valence-electron chi connectivity index (χ2n) is 7.41. The predicted octanol–water partition coefficient (Wildman–Crippen LogP) is 2.46. The second kappa shape index (κ2) is 7.46. The highest BCUT2D eigenvalue weighted by Crippen LogP contribution is 2.28. The van der Waals surface area contributed by atoms with E-state index in [-0.39, 0.29) is 5.91 Å². The number of aromatic nitrogens is 6. The summed E-state index contributed by atoms with van der Waals surface area (Å²) in [7, 11) is 0. The molecule has 0 saturated carbocycles. The predicted molar refractivity (Wildman–Crippen MR) is 106 cm³/mol. The zero-order valence-corrected chi connectivity index (χ0v) is 15.9. The van der Waals surface area contributed by atoms with Crippen LogP contribution in [-0.4, -0.2) is 54.1 Å². The maximum Gasteiger partial charge on any atom is 0.272 e. The third-order valence-electron chi connectivity index (χ3n) is 5.53. The molecule has 0 unspecified atom stereocenters. The summed E-state index contributed by atoms with van der Waals surface area (Å²) in [5.41, 5.74) is 4.55. The molecule has 146 valence electrons. The van der Waals surface area contributed by atoms with E-state index in [1.807, 2.05) is 17.0 Å². The Morgan fingerprint density at radius 1 is 1.07 bits per heavy atom. The molecule has 0 spiro atoms. The number of nitrogens with one attached hydrogen (secondary N) is 1. The van der Waals surface area contributed by atoms with Crippen LogP contribution in [0.3, 0.4) is 0 Å². The summed E-state index contributed by atoms with van der Waals surface area (Å²) in [6.07, 6.45) is 2.64. The molecule has 1 amide bonds. The van der Waals surface area contributed by atoms with Crippen molar-refractivity contribution in [2.75, 3.05) is 13.1 Å². The van der Waals surface area contributed by atoms with Crippen LogP contribution in [0.15, 0.2) is 54.6 Å². The number of aromatic amines is 1. The number of tetrazole rings is 1. The van der Waals surface area contributed by atoms with Gasteiger partial charge in [0.2, 0.25) is 0 Å². The van der Waals surface area contributed by atoms with Gasteiger partial charge in [-0.2, -0.15) is 9.61 Å². The summed E-state index contributed by atoms with van der Waals surface area (Å²) in [4.78, 5) is 14.8. The zero-order valence-electron chi connectivity index (χ0n) is 15.9. The number of likely N-dealkylation sites (tertiary alicyclic amines) is 1. The number of carbonyl (C=O) groups is 1. The number of piperidine rings is 1. The highest BCUT2D eigenvalue weighted by Gasteiger charge is 2.27. The van der Waals surface area contributed by atoms with E-state index in [0.717, 1.165) is 30.7 Å². The van der Waals surface area contributed by atoms with Gasteiger partial charge in [-0.25, -0.2) is 0 Å². The van der Waals surface area contributed by atoms with Crippen molar-refractivity contribution in [3.63, 3.8) is 0 Å². The van der Waals surface area contributed by atoms with Gasteiger partial charge in [-0.05, 0) is 47.0 Å². The van der Waals surface area contributed by atoms with Crippen molar-refractivity contribution in [3.05, 3.63) is 77.2 Å².